The molecule has 2 N–H and O–H groups in total. The lowest BCUT2D eigenvalue weighted by atomic mass is 10.1. The minimum Gasteiger partial charge on any atom is -0.340 e. The number of aromatic amines is 1. The van der Waals surface area contributed by atoms with E-state index < -0.39 is 0 Å². The van der Waals surface area contributed by atoms with Crippen LogP contribution in [0.15, 0.2) is 29.3 Å². The van der Waals surface area contributed by atoms with Crippen LogP contribution in [-0.4, -0.2) is 50.9 Å². The van der Waals surface area contributed by atoms with Crippen molar-refractivity contribution in [1.29, 1.82) is 0 Å². The molecule has 1 amide bonds. The van der Waals surface area contributed by atoms with Gasteiger partial charge in [-0.05, 0) is 39.3 Å². The van der Waals surface area contributed by atoms with Gasteiger partial charge < -0.3 is 15.2 Å². The van der Waals surface area contributed by atoms with Crippen molar-refractivity contribution in [3.63, 3.8) is 0 Å². The number of carbonyl (C=O) groups excluding carboxylic acids is 1. The molecule has 1 aliphatic heterocycles. The molecule has 1 fully saturated rings. The molecule has 2 unspecified atom stereocenters. The highest BCUT2D eigenvalue weighted by atomic mass is 16.2. The van der Waals surface area contributed by atoms with Crippen LogP contribution in [0.5, 0.6) is 0 Å². The lowest BCUT2D eigenvalue weighted by Gasteiger charge is -2.36. The molecule has 0 bridgehead atoms. The average Bonchev–Trinajstić information content (AvgIpc) is 2.60. The number of aromatic nitrogens is 3. The van der Waals surface area contributed by atoms with E-state index in [2.05, 4.69) is 34.1 Å². The lowest BCUT2D eigenvalue weighted by molar-refractivity contribution is -0.132. The molecule has 138 valence electrons. The van der Waals surface area contributed by atoms with Gasteiger partial charge >= 0.3 is 0 Å². The zero-order chi connectivity index (χ0) is 18.7. The van der Waals surface area contributed by atoms with Gasteiger partial charge in [0.05, 0.1) is 0 Å². The van der Waals surface area contributed by atoms with E-state index in [4.69, 9.17) is 0 Å². The number of amides is 1. The number of hydrogen-bond donors (Lipinski definition) is 2. The van der Waals surface area contributed by atoms with Gasteiger partial charge in [-0.2, -0.15) is 0 Å². The number of nitrogens with zero attached hydrogens (tertiary/aromatic N) is 3. The first-order valence-corrected chi connectivity index (χ1v) is 8.98. The van der Waals surface area contributed by atoms with E-state index in [-0.39, 0.29) is 23.6 Å². The fourth-order valence-electron chi connectivity index (χ4n) is 3.46. The summed E-state index contributed by atoms with van der Waals surface area (Å²) in [7, 11) is 0. The van der Waals surface area contributed by atoms with Crippen molar-refractivity contribution in [3.8, 4) is 11.4 Å². The van der Waals surface area contributed by atoms with Crippen LogP contribution < -0.4 is 10.9 Å². The van der Waals surface area contributed by atoms with E-state index in [0.717, 1.165) is 5.56 Å². The number of pyridine rings is 1. The van der Waals surface area contributed by atoms with Gasteiger partial charge in [0.15, 0.2) is 0 Å². The number of rotatable bonds is 4. The van der Waals surface area contributed by atoms with Gasteiger partial charge in [0.25, 0.3) is 5.56 Å². The number of hydrogen-bond acceptors (Lipinski definition) is 5. The summed E-state index contributed by atoms with van der Waals surface area (Å²) in [5.41, 5.74) is 1.80. The zero-order valence-corrected chi connectivity index (χ0v) is 15.5. The van der Waals surface area contributed by atoms with Crippen LogP contribution in [0, 0.1) is 6.92 Å². The maximum atomic E-state index is 12.5. The molecule has 7 heteroatoms. The Labute approximate surface area is 152 Å². The summed E-state index contributed by atoms with van der Waals surface area (Å²) >= 11 is 0. The third kappa shape index (κ3) is 4.16. The minimum absolute atomic E-state index is 0.0836. The lowest BCUT2D eigenvalue weighted by Crippen LogP contribution is -2.55. The standard InChI is InChI=1S/C19H25N5O2/c1-12-10-24(11-13(2)21-12)17(25)7-6-16-14(3)22-18(23-19(16)26)15-5-4-8-20-9-15/h4-5,8-9,12-13,21H,6-7,10-11H2,1-3H3,(H,22,23,26). The number of H-pyrrole nitrogens is 1. The maximum Gasteiger partial charge on any atom is 0.254 e. The average molecular weight is 355 g/mol. The van der Waals surface area contributed by atoms with E-state index in [1.807, 2.05) is 17.9 Å². The van der Waals surface area contributed by atoms with Gasteiger partial charge in [-0.3, -0.25) is 14.6 Å². The van der Waals surface area contributed by atoms with Gasteiger partial charge in [0, 0.05) is 60.8 Å². The van der Waals surface area contributed by atoms with Gasteiger partial charge in [0.2, 0.25) is 5.91 Å². The molecule has 1 aliphatic rings. The number of piperazine rings is 1. The van der Waals surface area contributed by atoms with Gasteiger partial charge in [-0.25, -0.2) is 4.98 Å². The quantitative estimate of drug-likeness (QED) is 0.862. The molecule has 0 aliphatic carbocycles. The summed E-state index contributed by atoms with van der Waals surface area (Å²) in [5, 5.41) is 3.41. The van der Waals surface area contributed by atoms with Crippen LogP contribution in [0.2, 0.25) is 0 Å². The summed E-state index contributed by atoms with van der Waals surface area (Å²) in [6.45, 7) is 7.37. The third-order valence-corrected chi connectivity index (χ3v) is 4.66. The highest BCUT2D eigenvalue weighted by Gasteiger charge is 2.24. The van der Waals surface area contributed by atoms with E-state index in [0.29, 0.717) is 43.0 Å². The molecule has 0 radical (unpaired) electrons. The summed E-state index contributed by atoms with van der Waals surface area (Å²) in [6.07, 6.45) is 4.05. The number of aryl methyl sites for hydroxylation is 1. The number of carbonyl (C=O) groups is 1. The van der Waals surface area contributed by atoms with Crippen LogP contribution in [-0.2, 0) is 11.2 Å². The second-order valence-corrected chi connectivity index (χ2v) is 6.99. The Hall–Kier alpha value is -2.54. The first-order valence-electron chi connectivity index (χ1n) is 8.98. The molecular weight excluding hydrogens is 330 g/mol. The Bertz CT molecular complexity index is 824. The molecule has 2 aromatic heterocycles. The predicted octanol–water partition coefficient (Wildman–Crippen LogP) is 1.28. The predicted molar refractivity (Wildman–Crippen MR) is 99.8 cm³/mol. The second kappa shape index (κ2) is 7.78. The first-order chi connectivity index (χ1) is 12.4. The monoisotopic (exact) mass is 355 g/mol. The molecule has 26 heavy (non-hydrogen) atoms. The van der Waals surface area contributed by atoms with Crippen LogP contribution in [0.25, 0.3) is 11.4 Å². The van der Waals surface area contributed by atoms with Crippen molar-refractivity contribution in [1.82, 2.24) is 25.2 Å². The SMILES string of the molecule is Cc1nc(-c2cccnc2)[nH]c(=O)c1CCC(=O)N1CC(C)NC(C)C1. The molecule has 2 atom stereocenters. The molecule has 0 saturated carbocycles. The molecule has 0 aromatic carbocycles. The Balaban J connectivity index is 1.70. The summed E-state index contributed by atoms with van der Waals surface area (Å²) in [4.78, 5) is 38.2. The van der Waals surface area contributed by atoms with Crippen LogP contribution in [0.4, 0.5) is 0 Å². The third-order valence-electron chi connectivity index (χ3n) is 4.66. The van der Waals surface area contributed by atoms with Gasteiger partial charge in [-0.1, -0.05) is 0 Å². The summed E-state index contributed by atoms with van der Waals surface area (Å²) in [6, 6.07) is 4.22. The van der Waals surface area contributed by atoms with E-state index in [9.17, 15) is 9.59 Å². The largest absolute Gasteiger partial charge is 0.340 e. The van der Waals surface area contributed by atoms with E-state index >= 15 is 0 Å². The number of nitrogens with one attached hydrogen (secondary N) is 2. The van der Waals surface area contributed by atoms with Gasteiger partial charge in [-0.15, -0.1) is 0 Å². The van der Waals surface area contributed by atoms with Crippen LogP contribution >= 0.6 is 0 Å². The highest BCUT2D eigenvalue weighted by molar-refractivity contribution is 5.76. The minimum atomic E-state index is -0.189. The summed E-state index contributed by atoms with van der Waals surface area (Å²) in [5.74, 6) is 0.584. The van der Waals surface area contributed by atoms with Gasteiger partial charge in [0.1, 0.15) is 5.82 Å². The molecule has 7 nitrogen and oxygen atoms in total. The molecule has 2 aromatic rings. The van der Waals surface area contributed by atoms with Crippen LogP contribution in [0.1, 0.15) is 31.5 Å². The van der Waals surface area contributed by atoms with Crippen molar-refractivity contribution in [2.24, 2.45) is 0 Å². The molecule has 0 spiro atoms. The second-order valence-electron chi connectivity index (χ2n) is 6.99. The fraction of sp³-hybridized carbons (Fsp3) is 0.474. The Kier molecular flexibility index (Phi) is 5.46. The molecule has 3 rings (SSSR count). The molecule has 1 saturated heterocycles. The normalized spacial score (nSPS) is 20.2. The Morgan fingerprint density at radius 1 is 1.31 bits per heavy atom. The van der Waals surface area contributed by atoms with Crippen molar-refractivity contribution in [3.05, 3.63) is 46.1 Å². The van der Waals surface area contributed by atoms with E-state index in [1.165, 1.54) is 0 Å². The molecule has 3 heterocycles. The topological polar surface area (TPSA) is 91.0 Å². The fourth-order valence-corrected chi connectivity index (χ4v) is 3.46. The van der Waals surface area contributed by atoms with E-state index in [1.54, 1.807) is 18.5 Å². The zero-order valence-electron chi connectivity index (χ0n) is 15.5. The van der Waals surface area contributed by atoms with Crippen molar-refractivity contribution >= 4 is 5.91 Å². The smallest absolute Gasteiger partial charge is 0.254 e. The highest BCUT2D eigenvalue weighted by Crippen LogP contribution is 2.14. The van der Waals surface area contributed by atoms with Crippen LogP contribution in [0.3, 0.4) is 0 Å². The van der Waals surface area contributed by atoms with Crippen molar-refractivity contribution < 1.29 is 4.79 Å². The first kappa shape index (κ1) is 18.3. The maximum absolute atomic E-state index is 12.5. The Morgan fingerprint density at radius 2 is 2.04 bits per heavy atom. The summed E-state index contributed by atoms with van der Waals surface area (Å²) < 4.78 is 0. The Morgan fingerprint density at radius 3 is 2.65 bits per heavy atom. The van der Waals surface area contributed by atoms with Crippen molar-refractivity contribution in [2.45, 2.75) is 45.7 Å². The van der Waals surface area contributed by atoms with Crippen molar-refractivity contribution in [2.75, 3.05) is 13.1 Å². The molecular formula is C19H25N5O2.